The molecule has 0 heterocycles. The first kappa shape index (κ1) is 15.2. The second-order valence-corrected chi connectivity index (χ2v) is 5.07. The summed E-state index contributed by atoms with van der Waals surface area (Å²) in [6, 6.07) is 12.1. The average molecular weight is 286 g/mol. The van der Waals surface area contributed by atoms with Gasteiger partial charge in [0.25, 0.3) is 0 Å². The fourth-order valence-corrected chi connectivity index (χ4v) is 2.04. The van der Waals surface area contributed by atoms with Gasteiger partial charge in [-0.25, -0.2) is 4.39 Å². The summed E-state index contributed by atoms with van der Waals surface area (Å²) in [5, 5.41) is 0. The highest BCUT2D eigenvalue weighted by atomic mass is 19.1. The maximum atomic E-state index is 13.4. The Hall–Kier alpha value is -2.16. The van der Waals surface area contributed by atoms with Gasteiger partial charge >= 0.3 is 0 Å². The largest absolute Gasteiger partial charge is 0.485 e. The Kier molecular flexibility index (Phi) is 5.09. The van der Waals surface area contributed by atoms with Crippen molar-refractivity contribution in [3.63, 3.8) is 0 Å². The first-order valence-corrected chi connectivity index (χ1v) is 7.11. The molecule has 2 rings (SSSR count). The van der Waals surface area contributed by atoms with Crippen molar-refractivity contribution in [2.24, 2.45) is 0 Å². The van der Waals surface area contributed by atoms with E-state index < -0.39 is 0 Å². The van der Waals surface area contributed by atoms with E-state index in [1.54, 1.807) is 19.1 Å². The fourth-order valence-electron chi connectivity index (χ4n) is 2.04. The smallest absolute Gasteiger partial charge is 0.200 e. The van der Waals surface area contributed by atoms with Gasteiger partial charge in [0.15, 0.2) is 12.4 Å². The fraction of sp³-hybridized carbons (Fsp3) is 0.278. The molecular formula is C18H19FO2. The second kappa shape index (κ2) is 7.02. The Morgan fingerprint density at radius 2 is 1.86 bits per heavy atom. The van der Waals surface area contributed by atoms with E-state index >= 15 is 0 Å². The minimum atomic E-state index is -0.330. The van der Waals surface area contributed by atoms with Crippen LogP contribution in [0.25, 0.3) is 0 Å². The Balaban J connectivity index is 1.96. The van der Waals surface area contributed by atoms with Gasteiger partial charge < -0.3 is 4.74 Å². The number of benzene rings is 2. The standard InChI is InChI=1S/C18H19FO2/c1-3-4-14-6-8-15(9-7-14)18(20)12-21-16-10-5-13(2)17(19)11-16/h5-11H,3-4,12H2,1-2H3. The molecule has 110 valence electrons. The highest BCUT2D eigenvalue weighted by molar-refractivity contribution is 5.97. The summed E-state index contributed by atoms with van der Waals surface area (Å²) < 4.78 is 18.7. The number of Topliss-reactive ketones (excluding diaryl/α,β-unsaturated/α-hetero) is 1. The van der Waals surface area contributed by atoms with Gasteiger partial charge in [-0.05, 0) is 30.5 Å². The van der Waals surface area contributed by atoms with E-state index in [2.05, 4.69) is 6.92 Å². The molecule has 0 saturated carbocycles. The van der Waals surface area contributed by atoms with Crippen molar-refractivity contribution < 1.29 is 13.9 Å². The van der Waals surface area contributed by atoms with Crippen LogP contribution in [-0.2, 0) is 6.42 Å². The molecule has 0 bridgehead atoms. The first-order chi connectivity index (χ1) is 10.1. The van der Waals surface area contributed by atoms with Crippen LogP contribution in [0.1, 0.15) is 34.8 Å². The molecule has 0 N–H and O–H groups in total. The number of aryl methyl sites for hydroxylation is 2. The maximum absolute atomic E-state index is 13.4. The summed E-state index contributed by atoms with van der Waals surface area (Å²) in [5.41, 5.74) is 2.39. The van der Waals surface area contributed by atoms with Gasteiger partial charge in [0.2, 0.25) is 0 Å². The number of hydrogen-bond donors (Lipinski definition) is 0. The van der Waals surface area contributed by atoms with E-state index in [-0.39, 0.29) is 18.2 Å². The zero-order valence-corrected chi connectivity index (χ0v) is 12.4. The molecule has 0 aliphatic carbocycles. The number of rotatable bonds is 6. The van der Waals surface area contributed by atoms with E-state index in [9.17, 15) is 9.18 Å². The SMILES string of the molecule is CCCc1ccc(C(=O)COc2ccc(C)c(F)c2)cc1. The van der Waals surface area contributed by atoms with E-state index in [4.69, 9.17) is 4.74 Å². The van der Waals surface area contributed by atoms with Gasteiger partial charge in [-0.15, -0.1) is 0 Å². The van der Waals surface area contributed by atoms with Crippen LogP contribution in [0.2, 0.25) is 0 Å². The lowest BCUT2D eigenvalue weighted by Gasteiger charge is -2.07. The van der Waals surface area contributed by atoms with Crippen molar-refractivity contribution >= 4 is 5.78 Å². The molecule has 0 saturated heterocycles. The summed E-state index contributed by atoms with van der Waals surface area (Å²) in [4.78, 5) is 12.0. The molecule has 0 amide bonds. The normalized spacial score (nSPS) is 10.4. The topological polar surface area (TPSA) is 26.3 Å². The molecule has 2 nitrogen and oxygen atoms in total. The summed E-state index contributed by atoms with van der Waals surface area (Å²) in [6.45, 7) is 3.71. The van der Waals surface area contributed by atoms with Crippen LogP contribution in [0.4, 0.5) is 4.39 Å². The number of ketones is 1. The van der Waals surface area contributed by atoms with Crippen LogP contribution < -0.4 is 4.74 Å². The zero-order valence-electron chi connectivity index (χ0n) is 12.4. The Morgan fingerprint density at radius 1 is 1.14 bits per heavy atom. The lowest BCUT2D eigenvalue weighted by atomic mass is 10.1. The Morgan fingerprint density at radius 3 is 2.48 bits per heavy atom. The minimum Gasteiger partial charge on any atom is -0.485 e. The van der Waals surface area contributed by atoms with Crippen LogP contribution in [-0.4, -0.2) is 12.4 Å². The monoisotopic (exact) mass is 286 g/mol. The molecule has 0 atom stereocenters. The third kappa shape index (κ3) is 4.15. The summed E-state index contributed by atoms with van der Waals surface area (Å²) in [6.07, 6.45) is 2.09. The highest BCUT2D eigenvalue weighted by Crippen LogP contribution is 2.16. The highest BCUT2D eigenvalue weighted by Gasteiger charge is 2.08. The Labute approximate surface area is 124 Å². The quantitative estimate of drug-likeness (QED) is 0.738. The average Bonchev–Trinajstić information content (AvgIpc) is 2.49. The molecule has 0 spiro atoms. The van der Waals surface area contributed by atoms with Crippen LogP contribution in [0.5, 0.6) is 5.75 Å². The summed E-state index contributed by atoms with van der Waals surface area (Å²) in [5.74, 6) is -0.0723. The lowest BCUT2D eigenvalue weighted by Crippen LogP contribution is -2.11. The van der Waals surface area contributed by atoms with Crippen molar-refractivity contribution in [3.8, 4) is 5.75 Å². The van der Waals surface area contributed by atoms with E-state index in [0.717, 1.165) is 12.8 Å². The van der Waals surface area contributed by atoms with Gasteiger partial charge in [-0.2, -0.15) is 0 Å². The van der Waals surface area contributed by atoms with Crippen molar-refractivity contribution in [2.75, 3.05) is 6.61 Å². The second-order valence-electron chi connectivity index (χ2n) is 5.07. The molecule has 3 heteroatoms. The maximum Gasteiger partial charge on any atom is 0.200 e. The molecule has 0 fully saturated rings. The van der Waals surface area contributed by atoms with Crippen molar-refractivity contribution in [1.82, 2.24) is 0 Å². The molecular weight excluding hydrogens is 267 g/mol. The zero-order chi connectivity index (χ0) is 15.2. The molecule has 0 unspecified atom stereocenters. The van der Waals surface area contributed by atoms with Crippen molar-refractivity contribution in [3.05, 3.63) is 65.0 Å². The number of carbonyl (C=O) groups is 1. The molecule has 0 aliphatic heterocycles. The molecule has 21 heavy (non-hydrogen) atoms. The van der Waals surface area contributed by atoms with Crippen LogP contribution in [0, 0.1) is 12.7 Å². The van der Waals surface area contributed by atoms with Gasteiger partial charge in [0.05, 0.1) is 0 Å². The van der Waals surface area contributed by atoms with Crippen LogP contribution >= 0.6 is 0 Å². The predicted octanol–water partition coefficient (Wildman–Crippen LogP) is 4.35. The number of hydrogen-bond acceptors (Lipinski definition) is 2. The minimum absolute atomic E-state index is 0.0877. The molecule has 0 aliphatic rings. The van der Waals surface area contributed by atoms with Gasteiger partial charge in [0, 0.05) is 11.6 Å². The Bertz CT molecular complexity index is 618. The molecule has 0 aromatic heterocycles. The van der Waals surface area contributed by atoms with Gasteiger partial charge in [0.1, 0.15) is 11.6 Å². The molecule has 0 radical (unpaired) electrons. The van der Waals surface area contributed by atoms with Gasteiger partial charge in [-0.3, -0.25) is 4.79 Å². The predicted molar refractivity (Wildman–Crippen MR) is 81.4 cm³/mol. The van der Waals surface area contributed by atoms with E-state index in [0.29, 0.717) is 16.9 Å². The molecule has 2 aromatic carbocycles. The molecule has 2 aromatic rings. The van der Waals surface area contributed by atoms with E-state index in [1.807, 2.05) is 24.3 Å². The van der Waals surface area contributed by atoms with Crippen LogP contribution in [0.15, 0.2) is 42.5 Å². The summed E-state index contributed by atoms with van der Waals surface area (Å²) >= 11 is 0. The summed E-state index contributed by atoms with van der Waals surface area (Å²) in [7, 11) is 0. The van der Waals surface area contributed by atoms with Crippen molar-refractivity contribution in [2.45, 2.75) is 26.7 Å². The van der Waals surface area contributed by atoms with Crippen molar-refractivity contribution in [1.29, 1.82) is 0 Å². The number of ether oxygens (including phenoxy) is 1. The number of carbonyl (C=O) groups excluding carboxylic acids is 1. The lowest BCUT2D eigenvalue weighted by molar-refractivity contribution is 0.0921. The number of halogens is 1. The van der Waals surface area contributed by atoms with E-state index in [1.165, 1.54) is 11.6 Å². The van der Waals surface area contributed by atoms with Gasteiger partial charge in [-0.1, -0.05) is 43.7 Å². The third-order valence-corrected chi connectivity index (χ3v) is 3.33. The third-order valence-electron chi connectivity index (χ3n) is 3.33. The first-order valence-electron chi connectivity index (χ1n) is 7.11. The van der Waals surface area contributed by atoms with Crippen LogP contribution in [0.3, 0.4) is 0 Å².